The molecule has 0 unspecified atom stereocenters. The van der Waals surface area contributed by atoms with Crippen LogP contribution in [-0.4, -0.2) is 47.5 Å². The van der Waals surface area contributed by atoms with E-state index < -0.39 is 37.2 Å². The fourth-order valence-corrected chi connectivity index (χ4v) is 4.51. The molecule has 0 saturated heterocycles. The molecule has 1 aromatic carbocycles. The van der Waals surface area contributed by atoms with Gasteiger partial charge in [0.25, 0.3) is 6.43 Å². The summed E-state index contributed by atoms with van der Waals surface area (Å²) < 4.78 is 75.9. The van der Waals surface area contributed by atoms with Gasteiger partial charge in [-0.2, -0.15) is 18.6 Å². The van der Waals surface area contributed by atoms with Crippen molar-refractivity contribution in [3.8, 4) is 22.5 Å². The van der Waals surface area contributed by atoms with Crippen LogP contribution in [0.4, 0.5) is 22.0 Å². The first-order chi connectivity index (χ1) is 19.6. The number of imidazole rings is 1. The van der Waals surface area contributed by atoms with Crippen LogP contribution in [0.1, 0.15) is 36.1 Å². The third kappa shape index (κ3) is 5.76. The summed E-state index contributed by atoms with van der Waals surface area (Å²) in [5.74, 6) is -0.238. The molecule has 10 nitrogen and oxygen atoms in total. The fraction of sp³-hybridized carbons (Fsp3) is 0.240. The van der Waals surface area contributed by atoms with Gasteiger partial charge in [-0.05, 0) is 25.1 Å². The Morgan fingerprint density at radius 1 is 1.12 bits per heavy atom. The second-order valence-electron chi connectivity index (χ2n) is 8.77. The molecule has 5 aromatic rings. The number of aryl methyl sites for hydroxylation is 1. The van der Waals surface area contributed by atoms with Gasteiger partial charge in [0.2, 0.25) is 5.69 Å². The van der Waals surface area contributed by atoms with Crippen molar-refractivity contribution in [3.63, 3.8) is 0 Å². The standard InChI is InChI=1S/C25H20ClF5N8O2/c1-14-32-7-8-36(14)16-10-33-37(12-16)19(6-9-41-25(30)31)20-4-2-15(11-39(20)40)22-21(5-3-17(26)23(22)27)38-13-18(24(28)29)34-35-38/h2-5,7-8,10-13,19,24-25H,6,9H2,1H3/t19-/m1/s1. The van der Waals surface area contributed by atoms with Crippen LogP contribution >= 0.6 is 11.6 Å². The Hall–Kier alpha value is -4.37. The van der Waals surface area contributed by atoms with E-state index in [1.165, 1.54) is 35.1 Å². The van der Waals surface area contributed by atoms with Crippen LogP contribution in [-0.2, 0) is 4.74 Å². The molecule has 0 aliphatic carbocycles. The van der Waals surface area contributed by atoms with E-state index in [1.54, 1.807) is 30.1 Å². The van der Waals surface area contributed by atoms with E-state index in [2.05, 4.69) is 25.1 Å². The van der Waals surface area contributed by atoms with Crippen LogP contribution in [0.25, 0.3) is 22.5 Å². The van der Waals surface area contributed by atoms with Crippen LogP contribution in [0.15, 0.2) is 61.4 Å². The molecule has 4 aromatic heterocycles. The van der Waals surface area contributed by atoms with E-state index in [4.69, 9.17) is 11.6 Å². The zero-order valence-electron chi connectivity index (χ0n) is 21.1. The second-order valence-corrected chi connectivity index (χ2v) is 9.18. The number of aromatic nitrogens is 8. The largest absolute Gasteiger partial charge is 0.618 e. The highest BCUT2D eigenvalue weighted by Gasteiger charge is 2.27. The van der Waals surface area contributed by atoms with E-state index in [-0.39, 0.29) is 34.0 Å². The van der Waals surface area contributed by atoms with Crippen molar-refractivity contribution >= 4 is 11.6 Å². The molecule has 0 aliphatic rings. The van der Waals surface area contributed by atoms with Gasteiger partial charge in [-0.3, -0.25) is 4.68 Å². The molecule has 0 amide bonds. The van der Waals surface area contributed by atoms with E-state index >= 15 is 4.39 Å². The molecule has 16 heteroatoms. The maximum absolute atomic E-state index is 15.3. The van der Waals surface area contributed by atoms with Crippen LogP contribution in [0.2, 0.25) is 5.02 Å². The van der Waals surface area contributed by atoms with Crippen LogP contribution in [0.5, 0.6) is 0 Å². The second kappa shape index (κ2) is 11.6. The molecule has 0 fully saturated rings. The topological polar surface area (TPSA) is 103 Å². The van der Waals surface area contributed by atoms with Crippen LogP contribution < -0.4 is 4.73 Å². The van der Waals surface area contributed by atoms with E-state index in [0.717, 1.165) is 17.1 Å². The minimum atomic E-state index is -3.01. The van der Waals surface area contributed by atoms with Gasteiger partial charge < -0.3 is 14.5 Å². The van der Waals surface area contributed by atoms with Gasteiger partial charge in [-0.25, -0.2) is 22.8 Å². The number of rotatable bonds is 10. The first-order valence-corrected chi connectivity index (χ1v) is 12.4. The number of hydrogen-bond acceptors (Lipinski definition) is 6. The fourth-order valence-electron chi connectivity index (χ4n) is 4.36. The number of pyridine rings is 1. The average molecular weight is 595 g/mol. The number of alkyl halides is 4. The zero-order chi connectivity index (χ0) is 29.3. The Bertz CT molecular complexity index is 1670. The third-order valence-electron chi connectivity index (χ3n) is 6.28. The van der Waals surface area contributed by atoms with Crippen molar-refractivity contribution in [3.05, 3.63) is 94.7 Å². The quantitative estimate of drug-likeness (QED) is 0.125. The monoisotopic (exact) mass is 594 g/mol. The predicted molar refractivity (Wildman–Crippen MR) is 134 cm³/mol. The molecular formula is C25H20ClF5N8O2. The maximum Gasteiger partial charge on any atom is 0.345 e. The van der Waals surface area contributed by atoms with Gasteiger partial charge in [0.1, 0.15) is 17.6 Å². The number of ether oxygens (including phenoxy) is 1. The van der Waals surface area contributed by atoms with E-state index in [9.17, 15) is 22.8 Å². The molecular weight excluding hydrogens is 575 g/mol. The minimum absolute atomic E-state index is 0.00773. The molecule has 41 heavy (non-hydrogen) atoms. The summed E-state index contributed by atoms with van der Waals surface area (Å²) in [7, 11) is 0. The van der Waals surface area contributed by atoms with Crippen LogP contribution in [0.3, 0.4) is 0 Å². The number of halogens is 6. The maximum atomic E-state index is 15.3. The number of benzene rings is 1. The number of hydrogen-bond donors (Lipinski definition) is 0. The summed E-state index contributed by atoms with van der Waals surface area (Å²) in [6.45, 7) is -1.62. The van der Waals surface area contributed by atoms with Gasteiger partial charge in [-0.1, -0.05) is 16.8 Å². The minimum Gasteiger partial charge on any atom is -0.618 e. The van der Waals surface area contributed by atoms with Crippen molar-refractivity contribution in [1.82, 2.24) is 34.3 Å². The first-order valence-electron chi connectivity index (χ1n) is 12.0. The molecule has 4 heterocycles. The lowest BCUT2D eigenvalue weighted by atomic mass is 10.0. The molecule has 214 valence electrons. The smallest absolute Gasteiger partial charge is 0.345 e. The molecule has 0 bridgehead atoms. The SMILES string of the molecule is Cc1nccn1-c1cnn([C@H](CCOC(F)F)c2ccc(-c3c(-n4cc(C(F)F)nn4)ccc(Cl)c3F)c[n+]2[O-])c1. The molecule has 0 radical (unpaired) electrons. The Labute approximate surface area is 233 Å². The highest BCUT2D eigenvalue weighted by molar-refractivity contribution is 6.31. The molecule has 0 saturated carbocycles. The summed E-state index contributed by atoms with van der Waals surface area (Å²) in [5.41, 5.74) is -0.0457. The normalized spacial score (nSPS) is 12.5. The summed E-state index contributed by atoms with van der Waals surface area (Å²) in [5, 5.41) is 24.4. The molecule has 0 N–H and O–H groups in total. The number of nitrogens with zero attached hydrogens (tertiary/aromatic N) is 8. The highest BCUT2D eigenvalue weighted by atomic mass is 35.5. The van der Waals surface area contributed by atoms with Crippen LogP contribution in [0, 0.1) is 17.9 Å². The summed E-state index contributed by atoms with van der Waals surface area (Å²) >= 11 is 6.00. The molecule has 0 aliphatic heterocycles. The van der Waals surface area contributed by atoms with Crippen molar-refractivity contribution in [2.45, 2.75) is 32.4 Å². The lowest BCUT2D eigenvalue weighted by Gasteiger charge is -2.18. The first kappa shape index (κ1) is 28.2. The van der Waals surface area contributed by atoms with E-state index in [0.29, 0.717) is 16.2 Å². The Kier molecular flexibility index (Phi) is 7.99. The van der Waals surface area contributed by atoms with Crippen molar-refractivity contribution in [2.24, 2.45) is 0 Å². The van der Waals surface area contributed by atoms with Crippen molar-refractivity contribution in [2.75, 3.05) is 6.61 Å². The zero-order valence-corrected chi connectivity index (χ0v) is 21.8. The Balaban J connectivity index is 1.55. The summed E-state index contributed by atoms with van der Waals surface area (Å²) in [6.07, 6.45) is 5.50. The average Bonchev–Trinajstić information content (AvgIpc) is 3.69. The van der Waals surface area contributed by atoms with Gasteiger partial charge >= 0.3 is 6.61 Å². The van der Waals surface area contributed by atoms with Gasteiger partial charge in [-0.15, -0.1) is 5.10 Å². The Morgan fingerprint density at radius 2 is 1.93 bits per heavy atom. The van der Waals surface area contributed by atoms with Gasteiger partial charge in [0.05, 0.1) is 46.5 Å². The van der Waals surface area contributed by atoms with Gasteiger partial charge in [0.15, 0.2) is 12.0 Å². The molecule has 1 atom stereocenters. The molecule has 5 rings (SSSR count). The summed E-state index contributed by atoms with van der Waals surface area (Å²) in [4.78, 5) is 4.16. The third-order valence-corrected chi connectivity index (χ3v) is 6.57. The van der Waals surface area contributed by atoms with Gasteiger partial charge in [0, 0.05) is 31.1 Å². The van der Waals surface area contributed by atoms with E-state index in [1.807, 2.05) is 0 Å². The van der Waals surface area contributed by atoms with Crippen molar-refractivity contribution in [1.29, 1.82) is 0 Å². The lowest BCUT2D eigenvalue weighted by Crippen LogP contribution is -2.36. The summed E-state index contributed by atoms with van der Waals surface area (Å²) in [6, 6.07) is 4.51. The Morgan fingerprint density at radius 3 is 2.59 bits per heavy atom. The van der Waals surface area contributed by atoms with Crippen molar-refractivity contribution < 1.29 is 31.4 Å². The highest BCUT2D eigenvalue weighted by Crippen LogP contribution is 2.34. The molecule has 0 spiro atoms. The lowest BCUT2D eigenvalue weighted by molar-refractivity contribution is -0.615. The predicted octanol–water partition coefficient (Wildman–Crippen LogP) is 5.21.